The Morgan fingerprint density at radius 2 is 1.56 bits per heavy atom. The van der Waals surface area contributed by atoms with Gasteiger partial charge in [0.25, 0.3) is 0 Å². The molecule has 0 spiro atoms. The lowest BCUT2D eigenvalue weighted by Gasteiger charge is -2.34. The highest BCUT2D eigenvalue weighted by Crippen LogP contribution is 2.27. The first-order valence-electron chi connectivity index (χ1n) is 7.34. The van der Waals surface area contributed by atoms with E-state index in [9.17, 15) is 4.79 Å². The summed E-state index contributed by atoms with van der Waals surface area (Å²) < 4.78 is 11.5. The van der Waals surface area contributed by atoms with E-state index < -0.39 is 8.32 Å². The molecule has 0 aromatic carbocycles. The van der Waals surface area contributed by atoms with Crippen molar-refractivity contribution in [3.8, 4) is 0 Å². The highest BCUT2D eigenvalue weighted by atomic mass is 28.4. The predicted molar refractivity (Wildman–Crippen MR) is 78.2 cm³/mol. The smallest absolute Gasteiger partial charge is 0.311 e. The van der Waals surface area contributed by atoms with Gasteiger partial charge in [-0.1, -0.05) is 27.7 Å². The van der Waals surface area contributed by atoms with Gasteiger partial charge in [0.2, 0.25) is 0 Å². The summed E-state index contributed by atoms with van der Waals surface area (Å²) in [6.07, 6.45) is 0.752. The Labute approximate surface area is 113 Å². The molecule has 0 fully saturated rings. The molecule has 0 saturated carbocycles. The maximum absolute atomic E-state index is 11.9. The van der Waals surface area contributed by atoms with Gasteiger partial charge in [0, 0.05) is 0 Å². The van der Waals surface area contributed by atoms with Crippen molar-refractivity contribution in [2.24, 2.45) is 5.92 Å². The third-order valence-electron chi connectivity index (χ3n) is 3.96. The van der Waals surface area contributed by atoms with Crippen molar-refractivity contribution in [2.75, 3.05) is 6.61 Å². The van der Waals surface area contributed by atoms with E-state index in [2.05, 4.69) is 20.8 Å². The van der Waals surface area contributed by atoms with E-state index >= 15 is 0 Å². The lowest BCUT2D eigenvalue weighted by molar-refractivity contribution is -0.151. The predicted octanol–water partition coefficient (Wildman–Crippen LogP) is 3.99. The Balaban J connectivity index is 4.69. The second-order valence-corrected chi connectivity index (χ2v) is 9.56. The molecule has 3 nitrogen and oxygen atoms in total. The maximum atomic E-state index is 11.9. The number of hydrogen-bond donors (Lipinski definition) is 0. The summed E-state index contributed by atoms with van der Waals surface area (Å²) in [4.78, 5) is 11.9. The monoisotopic (exact) mass is 274 g/mol. The minimum atomic E-state index is -1.64. The van der Waals surface area contributed by atoms with Crippen molar-refractivity contribution in [2.45, 2.75) is 72.2 Å². The Kier molecular flexibility index (Phi) is 8.53. The summed E-state index contributed by atoms with van der Waals surface area (Å²) in [6.45, 7) is 13.0. The van der Waals surface area contributed by atoms with Crippen molar-refractivity contribution in [1.29, 1.82) is 0 Å². The van der Waals surface area contributed by atoms with Crippen molar-refractivity contribution in [3.05, 3.63) is 0 Å². The molecule has 0 bridgehead atoms. The average molecular weight is 274 g/mol. The molecule has 0 aromatic heterocycles. The molecule has 0 aromatic rings. The van der Waals surface area contributed by atoms with E-state index in [1.807, 2.05) is 20.8 Å². The third-order valence-corrected chi connectivity index (χ3v) is 8.70. The van der Waals surface area contributed by atoms with Crippen LogP contribution in [0.15, 0.2) is 0 Å². The Hall–Kier alpha value is -0.353. The van der Waals surface area contributed by atoms with E-state index in [-0.39, 0.29) is 18.0 Å². The number of carbonyl (C=O) groups is 1. The molecular formula is C14H30O3Si. The van der Waals surface area contributed by atoms with Crippen LogP contribution in [-0.2, 0) is 14.0 Å². The summed E-state index contributed by atoms with van der Waals surface area (Å²) in [6, 6.07) is 3.34. The van der Waals surface area contributed by atoms with Crippen LogP contribution < -0.4 is 0 Å². The second-order valence-electron chi connectivity index (χ2n) is 4.83. The summed E-state index contributed by atoms with van der Waals surface area (Å²) in [5.74, 6) is -0.236. The topological polar surface area (TPSA) is 35.5 Å². The molecule has 2 unspecified atom stereocenters. The molecular weight excluding hydrogens is 244 g/mol. The normalized spacial score (nSPS) is 15.2. The number of rotatable bonds is 9. The van der Waals surface area contributed by atoms with Crippen LogP contribution in [0, 0.1) is 5.92 Å². The minimum Gasteiger partial charge on any atom is -0.466 e. The fraction of sp³-hybridized carbons (Fsp3) is 0.929. The van der Waals surface area contributed by atoms with Gasteiger partial charge in [0.15, 0.2) is 8.32 Å². The van der Waals surface area contributed by atoms with Crippen LogP contribution in [0.25, 0.3) is 0 Å². The molecule has 0 rings (SSSR count). The number of hydrogen-bond acceptors (Lipinski definition) is 3. The quantitative estimate of drug-likeness (QED) is 0.471. The molecule has 0 aliphatic carbocycles. The van der Waals surface area contributed by atoms with Gasteiger partial charge in [-0.2, -0.15) is 0 Å². The van der Waals surface area contributed by atoms with Gasteiger partial charge in [0.05, 0.1) is 18.6 Å². The van der Waals surface area contributed by atoms with Crippen LogP contribution in [0.4, 0.5) is 0 Å². The van der Waals surface area contributed by atoms with Crippen molar-refractivity contribution in [1.82, 2.24) is 0 Å². The molecule has 0 N–H and O–H groups in total. The Morgan fingerprint density at radius 3 is 1.89 bits per heavy atom. The van der Waals surface area contributed by atoms with Gasteiger partial charge in [-0.3, -0.25) is 4.79 Å². The molecule has 0 aliphatic heterocycles. The summed E-state index contributed by atoms with van der Waals surface area (Å²) in [5.41, 5.74) is 0. The van der Waals surface area contributed by atoms with E-state index in [0.717, 1.165) is 24.6 Å². The van der Waals surface area contributed by atoms with Crippen molar-refractivity contribution >= 4 is 14.3 Å². The fourth-order valence-electron chi connectivity index (χ4n) is 2.42. The van der Waals surface area contributed by atoms with Gasteiger partial charge in [-0.25, -0.2) is 0 Å². The van der Waals surface area contributed by atoms with Crippen LogP contribution >= 0.6 is 0 Å². The molecule has 18 heavy (non-hydrogen) atoms. The molecule has 0 radical (unpaired) electrons. The summed E-state index contributed by atoms with van der Waals surface area (Å²) in [5, 5.41) is 0. The van der Waals surface area contributed by atoms with Crippen LogP contribution in [0.2, 0.25) is 18.1 Å². The molecule has 2 atom stereocenters. The lowest BCUT2D eigenvalue weighted by atomic mass is 10.0. The largest absolute Gasteiger partial charge is 0.466 e. The molecule has 4 heteroatoms. The Morgan fingerprint density at radius 1 is 1.06 bits per heavy atom. The third kappa shape index (κ3) is 4.73. The Bertz CT molecular complexity index is 231. The highest BCUT2D eigenvalue weighted by Gasteiger charge is 2.35. The highest BCUT2D eigenvalue weighted by molar-refractivity contribution is 6.73. The number of ether oxygens (including phenoxy) is 1. The van der Waals surface area contributed by atoms with Crippen LogP contribution in [0.1, 0.15) is 48.0 Å². The van der Waals surface area contributed by atoms with Gasteiger partial charge >= 0.3 is 5.97 Å². The van der Waals surface area contributed by atoms with Crippen LogP contribution in [0.5, 0.6) is 0 Å². The second kappa shape index (κ2) is 8.70. The molecule has 0 aliphatic rings. The van der Waals surface area contributed by atoms with Crippen molar-refractivity contribution < 1.29 is 14.0 Å². The SMILES string of the molecule is CCOC(=O)C(CC)C(C)O[Si](CC)(CC)CC. The van der Waals surface area contributed by atoms with E-state index in [1.54, 1.807) is 0 Å². The average Bonchev–Trinajstić information content (AvgIpc) is 2.37. The molecule has 0 heterocycles. The van der Waals surface area contributed by atoms with Gasteiger partial charge in [-0.15, -0.1) is 0 Å². The molecule has 0 saturated heterocycles. The summed E-state index contributed by atoms with van der Waals surface area (Å²) >= 11 is 0. The van der Waals surface area contributed by atoms with E-state index in [0.29, 0.717) is 6.61 Å². The number of carbonyl (C=O) groups excluding carboxylic acids is 1. The zero-order chi connectivity index (χ0) is 14.2. The summed E-state index contributed by atoms with van der Waals surface area (Å²) in [7, 11) is -1.64. The first-order chi connectivity index (χ1) is 8.50. The fourth-order valence-corrected chi connectivity index (χ4v) is 5.37. The van der Waals surface area contributed by atoms with Gasteiger partial charge in [0.1, 0.15) is 0 Å². The standard InChI is InChI=1S/C14H30O3Si/c1-7-13(14(15)16-8-2)12(6)17-18(9-3,10-4)11-5/h12-13H,7-11H2,1-6H3. The number of esters is 1. The van der Waals surface area contributed by atoms with Crippen molar-refractivity contribution in [3.63, 3.8) is 0 Å². The minimum absolute atomic E-state index is 0.0273. The van der Waals surface area contributed by atoms with Crippen LogP contribution in [0.3, 0.4) is 0 Å². The first-order valence-corrected chi connectivity index (χ1v) is 9.87. The van der Waals surface area contributed by atoms with Crippen LogP contribution in [-0.4, -0.2) is 27.0 Å². The zero-order valence-corrected chi connectivity index (χ0v) is 13.9. The maximum Gasteiger partial charge on any atom is 0.311 e. The van der Waals surface area contributed by atoms with E-state index in [4.69, 9.17) is 9.16 Å². The molecule has 108 valence electrons. The molecule has 0 amide bonds. The van der Waals surface area contributed by atoms with Gasteiger partial charge < -0.3 is 9.16 Å². The van der Waals surface area contributed by atoms with Gasteiger partial charge in [-0.05, 0) is 38.4 Å². The van der Waals surface area contributed by atoms with E-state index in [1.165, 1.54) is 0 Å². The first kappa shape index (κ1) is 17.6. The lowest BCUT2D eigenvalue weighted by Crippen LogP contribution is -2.43. The zero-order valence-electron chi connectivity index (χ0n) is 12.9.